The number of piperazine rings is 1. The van der Waals surface area contributed by atoms with Crippen molar-refractivity contribution in [1.29, 1.82) is 0 Å². The van der Waals surface area contributed by atoms with Gasteiger partial charge in [0, 0.05) is 39.3 Å². The van der Waals surface area contributed by atoms with Gasteiger partial charge in [0.2, 0.25) is 0 Å². The third kappa shape index (κ3) is 2.33. The van der Waals surface area contributed by atoms with Gasteiger partial charge in [0.25, 0.3) is 5.91 Å². The van der Waals surface area contributed by atoms with E-state index in [2.05, 4.69) is 23.8 Å². The lowest BCUT2D eigenvalue weighted by Crippen LogP contribution is -2.50. The van der Waals surface area contributed by atoms with Crippen LogP contribution in [0.25, 0.3) is 0 Å². The highest BCUT2D eigenvalue weighted by atomic mass is 16.2. The van der Waals surface area contributed by atoms with E-state index in [1.54, 1.807) is 13.2 Å². The molecule has 2 N–H and O–H groups in total. The van der Waals surface area contributed by atoms with Gasteiger partial charge in [-0.05, 0) is 13.8 Å². The average Bonchev–Trinajstić information content (AvgIpc) is 2.69. The number of nitrogen functional groups attached to an aromatic ring is 1. The maximum Gasteiger partial charge on any atom is 0.259 e. The van der Waals surface area contributed by atoms with Crippen LogP contribution in [0.15, 0.2) is 6.20 Å². The van der Waals surface area contributed by atoms with Gasteiger partial charge in [-0.1, -0.05) is 0 Å². The second kappa shape index (κ2) is 4.97. The second-order valence-corrected chi connectivity index (χ2v) is 4.99. The van der Waals surface area contributed by atoms with Crippen LogP contribution in [0.3, 0.4) is 0 Å². The topological polar surface area (TPSA) is 67.4 Å². The minimum atomic E-state index is -0.0102. The molecule has 0 bridgehead atoms. The first-order valence-corrected chi connectivity index (χ1v) is 6.31. The predicted molar refractivity (Wildman–Crippen MR) is 70.2 cm³/mol. The van der Waals surface area contributed by atoms with Crippen molar-refractivity contribution in [3.8, 4) is 0 Å². The first-order valence-electron chi connectivity index (χ1n) is 6.31. The number of nitrogens with zero attached hydrogens (tertiary/aromatic N) is 4. The molecule has 1 fully saturated rings. The predicted octanol–water partition coefficient (Wildman–Crippen LogP) is 0.169. The highest BCUT2D eigenvalue weighted by Crippen LogP contribution is 2.15. The summed E-state index contributed by atoms with van der Waals surface area (Å²) in [7, 11) is 1.74. The van der Waals surface area contributed by atoms with Crippen LogP contribution in [0, 0.1) is 0 Å². The van der Waals surface area contributed by atoms with Crippen LogP contribution >= 0.6 is 0 Å². The number of rotatable bonds is 2. The van der Waals surface area contributed by atoms with Crippen molar-refractivity contribution in [2.24, 2.45) is 7.05 Å². The minimum absolute atomic E-state index is 0.0102. The second-order valence-electron chi connectivity index (χ2n) is 4.99. The van der Waals surface area contributed by atoms with Gasteiger partial charge in [0.15, 0.2) is 0 Å². The first kappa shape index (κ1) is 12.9. The molecule has 0 unspecified atom stereocenters. The number of aromatic nitrogens is 2. The first-order chi connectivity index (χ1) is 8.50. The molecule has 2 heterocycles. The standard InChI is InChI=1S/C12H21N5O/c1-9(2)16-4-6-17(7-5-16)12(18)10-8-14-15(3)11(10)13/h8-9H,4-7,13H2,1-3H3. The Balaban J connectivity index is 2.02. The van der Waals surface area contributed by atoms with Gasteiger partial charge in [-0.15, -0.1) is 0 Å². The highest BCUT2D eigenvalue weighted by molar-refractivity contribution is 5.98. The number of aryl methyl sites for hydroxylation is 1. The highest BCUT2D eigenvalue weighted by Gasteiger charge is 2.25. The molecule has 0 spiro atoms. The summed E-state index contributed by atoms with van der Waals surface area (Å²) in [6.07, 6.45) is 1.55. The molecule has 0 aromatic carbocycles. The van der Waals surface area contributed by atoms with Crippen molar-refractivity contribution < 1.29 is 4.79 Å². The van der Waals surface area contributed by atoms with Gasteiger partial charge >= 0.3 is 0 Å². The molecular formula is C12H21N5O. The van der Waals surface area contributed by atoms with Gasteiger partial charge in [-0.3, -0.25) is 14.4 Å². The van der Waals surface area contributed by atoms with Crippen LogP contribution in [-0.4, -0.2) is 57.7 Å². The zero-order valence-corrected chi connectivity index (χ0v) is 11.3. The zero-order valence-electron chi connectivity index (χ0n) is 11.3. The van der Waals surface area contributed by atoms with E-state index in [0.717, 1.165) is 26.2 Å². The summed E-state index contributed by atoms with van der Waals surface area (Å²) in [5.74, 6) is 0.426. The molecule has 18 heavy (non-hydrogen) atoms. The summed E-state index contributed by atoms with van der Waals surface area (Å²) in [6.45, 7) is 7.71. The van der Waals surface area contributed by atoms with E-state index in [-0.39, 0.29) is 5.91 Å². The number of hydrogen-bond acceptors (Lipinski definition) is 4. The van der Waals surface area contributed by atoms with Crippen molar-refractivity contribution in [2.75, 3.05) is 31.9 Å². The smallest absolute Gasteiger partial charge is 0.259 e. The Hall–Kier alpha value is -1.56. The molecule has 1 aromatic rings. The largest absolute Gasteiger partial charge is 0.383 e. The van der Waals surface area contributed by atoms with E-state index < -0.39 is 0 Å². The van der Waals surface area contributed by atoms with Crippen molar-refractivity contribution in [1.82, 2.24) is 19.6 Å². The molecule has 0 atom stereocenters. The lowest BCUT2D eigenvalue weighted by molar-refractivity contribution is 0.0596. The Morgan fingerprint density at radius 1 is 1.33 bits per heavy atom. The summed E-state index contributed by atoms with van der Waals surface area (Å²) >= 11 is 0. The third-order valence-electron chi connectivity index (χ3n) is 3.55. The van der Waals surface area contributed by atoms with Crippen molar-refractivity contribution in [2.45, 2.75) is 19.9 Å². The van der Waals surface area contributed by atoms with Gasteiger partial charge in [-0.2, -0.15) is 5.10 Å². The molecule has 1 amide bonds. The van der Waals surface area contributed by atoms with E-state index in [9.17, 15) is 4.79 Å². The Labute approximate surface area is 107 Å². The number of nitrogens with two attached hydrogens (primary N) is 1. The lowest BCUT2D eigenvalue weighted by atomic mass is 10.2. The molecular weight excluding hydrogens is 230 g/mol. The number of carbonyl (C=O) groups excluding carboxylic acids is 1. The fraction of sp³-hybridized carbons (Fsp3) is 0.667. The maximum absolute atomic E-state index is 12.3. The molecule has 1 aromatic heterocycles. The summed E-state index contributed by atoms with van der Waals surface area (Å²) in [5, 5.41) is 4.01. The Morgan fingerprint density at radius 2 is 1.94 bits per heavy atom. The van der Waals surface area contributed by atoms with Crippen LogP contribution in [0.4, 0.5) is 5.82 Å². The SMILES string of the molecule is CC(C)N1CCN(C(=O)c2cnn(C)c2N)CC1. The zero-order chi connectivity index (χ0) is 13.3. The van der Waals surface area contributed by atoms with E-state index >= 15 is 0 Å². The molecule has 0 aliphatic carbocycles. The van der Waals surface area contributed by atoms with Crippen LogP contribution < -0.4 is 5.73 Å². The molecule has 0 radical (unpaired) electrons. The lowest BCUT2D eigenvalue weighted by Gasteiger charge is -2.36. The monoisotopic (exact) mass is 251 g/mol. The molecule has 1 aliphatic heterocycles. The Bertz CT molecular complexity index is 432. The molecule has 100 valence electrons. The van der Waals surface area contributed by atoms with E-state index in [1.165, 1.54) is 4.68 Å². The molecule has 2 rings (SSSR count). The van der Waals surface area contributed by atoms with Crippen LogP contribution in [0.5, 0.6) is 0 Å². The normalized spacial score (nSPS) is 17.4. The van der Waals surface area contributed by atoms with Gasteiger partial charge in [0.05, 0.1) is 6.20 Å². The molecule has 0 saturated carbocycles. The summed E-state index contributed by atoms with van der Waals surface area (Å²) in [5.41, 5.74) is 6.34. The summed E-state index contributed by atoms with van der Waals surface area (Å²) < 4.78 is 1.53. The summed E-state index contributed by atoms with van der Waals surface area (Å²) in [6, 6.07) is 0.533. The van der Waals surface area contributed by atoms with Gasteiger partial charge in [0.1, 0.15) is 11.4 Å². The van der Waals surface area contributed by atoms with E-state index in [4.69, 9.17) is 5.73 Å². The number of hydrogen-bond donors (Lipinski definition) is 1. The van der Waals surface area contributed by atoms with Crippen molar-refractivity contribution in [3.63, 3.8) is 0 Å². The van der Waals surface area contributed by atoms with Crippen molar-refractivity contribution >= 4 is 11.7 Å². The van der Waals surface area contributed by atoms with Crippen LogP contribution in [0.2, 0.25) is 0 Å². The van der Waals surface area contributed by atoms with Crippen LogP contribution in [0.1, 0.15) is 24.2 Å². The quantitative estimate of drug-likeness (QED) is 0.813. The number of carbonyl (C=O) groups is 1. The van der Waals surface area contributed by atoms with Crippen LogP contribution in [-0.2, 0) is 7.05 Å². The Kier molecular flexibility index (Phi) is 3.56. The average molecular weight is 251 g/mol. The fourth-order valence-electron chi connectivity index (χ4n) is 2.22. The fourth-order valence-corrected chi connectivity index (χ4v) is 2.22. The number of amides is 1. The van der Waals surface area contributed by atoms with E-state index in [0.29, 0.717) is 17.4 Å². The molecule has 6 heteroatoms. The third-order valence-corrected chi connectivity index (χ3v) is 3.55. The molecule has 1 saturated heterocycles. The van der Waals surface area contributed by atoms with E-state index in [1.807, 2.05) is 4.90 Å². The van der Waals surface area contributed by atoms with Gasteiger partial charge in [-0.25, -0.2) is 0 Å². The maximum atomic E-state index is 12.3. The molecule has 1 aliphatic rings. The minimum Gasteiger partial charge on any atom is -0.383 e. The molecule has 6 nitrogen and oxygen atoms in total. The summed E-state index contributed by atoms with van der Waals surface area (Å²) in [4.78, 5) is 16.5. The van der Waals surface area contributed by atoms with Crippen molar-refractivity contribution in [3.05, 3.63) is 11.8 Å². The number of anilines is 1. The Morgan fingerprint density at radius 3 is 2.39 bits per heavy atom. The van der Waals surface area contributed by atoms with Gasteiger partial charge < -0.3 is 10.6 Å².